The Balaban J connectivity index is 2.32. The van der Waals surface area contributed by atoms with Gasteiger partial charge in [-0.2, -0.15) is 0 Å². The third-order valence-electron chi connectivity index (χ3n) is 2.56. The lowest BCUT2D eigenvalue weighted by Crippen LogP contribution is -2.15. The Morgan fingerprint density at radius 3 is 2.92 bits per heavy atom. The number of aryl methyl sites for hydroxylation is 1. The Morgan fingerprint density at radius 1 is 1.38 bits per heavy atom. The fourth-order valence-electron chi connectivity index (χ4n) is 1.84. The summed E-state index contributed by atoms with van der Waals surface area (Å²) in [6.07, 6.45) is 5.55. The zero-order chi connectivity index (χ0) is 9.10. The van der Waals surface area contributed by atoms with Gasteiger partial charge < -0.3 is 5.32 Å². The van der Waals surface area contributed by atoms with Crippen LogP contribution in [-0.2, 0) is 6.42 Å². The Morgan fingerprint density at radius 2 is 2.23 bits per heavy atom. The third-order valence-corrected chi connectivity index (χ3v) is 2.56. The predicted octanol–water partition coefficient (Wildman–Crippen LogP) is 2.45. The van der Waals surface area contributed by atoms with E-state index < -0.39 is 0 Å². The molecule has 1 nitrogen and oxygen atoms in total. The average molecular weight is 173 g/mol. The van der Waals surface area contributed by atoms with Gasteiger partial charge in [0.25, 0.3) is 0 Å². The zero-order valence-electron chi connectivity index (χ0n) is 7.96. The molecule has 0 spiro atoms. The molecule has 0 fully saturated rings. The predicted molar refractivity (Wildman–Crippen MR) is 55.7 cm³/mol. The summed E-state index contributed by atoms with van der Waals surface area (Å²) in [4.78, 5) is 0. The molecular weight excluding hydrogens is 158 g/mol. The summed E-state index contributed by atoms with van der Waals surface area (Å²) in [6, 6.07) is 9.09. The molecule has 1 heteroatoms. The fourth-order valence-corrected chi connectivity index (χ4v) is 1.84. The summed E-state index contributed by atoms with van der Waals surface area (Å²) >= 11 is 0. The van der Waals surface area contributed by atoms with Gasteiger partial charge in [0.15, 0.2) is 0 Å². The first-order chi connectivity index (χ1) is 6.42. The summed E-state index contributed by atoms with van der Waals surface area (Å²) < 4.78 is 0. The maximum Gasteiger partial charge on any atom is 0.0511 e. The van der Waals surface area contributed by atoms with Crippen molar-refractivity contribution in [2.75, 3.05) is 6.54 Å². The minimum atomic E-state index is 0.441. The van der Waals surface area contributed by atoms with Gasteiger partial charge in [0.05, 0.1) is 6.04 Å². The van der Waals surface area contributed by atoms with E-state index in [2.05, 4.69) is 48.7 Å². The molecule has 1 N–H and O–H groups in total. The quantitative estimate of drug-likeness (QED) is 0.677. The molecule has 0 bridgehead atoms. The summed E-state index contributed by atoms with van der Waals surface area (Å²) in [5.74, 6) is 0. The number of hydrogen-bond acceptors (Lipinski definition) is 1. The van der Waals surface area contributed by atoms with Crippen molar-refractivity contribution in [3.05, 3.63) is 47.5 Å². The Bertz CT molecular complexity index is 315. The maximum atomic E-state index is 3.44. The van der Waals surface area contributed by atoms with Crippen molar-refractivity contribution >= 4 is 0 Å². The minimum absolute atomic E-state index is 0.441. The van der Waals surface area contributed by atoms with Crippen LogP contribution >= 0.6 is 0 Å². The van der Waals surface area contributed by atoms with Crippen molar-refractivity contribution in [3.8, 4) is 0 Å². The molecule has 2 rings (SSSR count). The Kier molecular flexibility index (Phi) is 2.46. The van der Waals surface area contributed by atoms with Crippen LogP contribution in [0.5, 0.6) is 0 Å². The number of nitrogens with one attached hydrogen (secondary N) is 1. The first-order valence-corrected chi connectivity index (χ1v) is 4.89. The Labute approximate surface area is 79.5 Å². The first-order valence-electron chi connectivity index (χ1n) is 4.89. The van der Waals surface area contributed by atoms with Crippen LogP contribution < -0.4 is 5.32 Å². The van der Waals surface area contributed by atoms with Gasteiger partial charge >= 0.3 is 0 Å². The lowest BCUT2D eigenvalue weighted by molar-refractivity contribution is 0.705. The van der Waals surface area contributed by atoms with Gasteiger partial charge in [0.2, 0.25) is 0 Å². The second kappa shape index (κ2) is 3.75. The zero-order valence-corrected chi connectivity index (χ0v) is 7.96. The molecule has 1 heterocycles. The highest BCUT2D eigenvalue weighted by atomic mass is 14.9. The average Bonchev–Trinajstić information content (AvgIpc) is 2.70. The number of hydrogen-bond donors (Lipinski definition) is 1. The van der Waals surface area contributed by atoms with Gasteiger partial charge in [-0.25, -0.2) is 0 Å². The highest BCUT2D eigenvalue weighted by Gasteiger charge is 2.12. The monoisotopic (exact) mass is 173 g/mol. The molecule has 1 aromatic rings. The Hall–Kier alpha value is -1.08. The van der Waals surface area contributed by atoms with E-state index in [-0.39, 0.29) is 0 Å². The van der Waals surface area contributed by atoms with E-state index in [0.717, 1.165) is 13.0 Å². The molecule has 0 aromatic heterocycles. The highest BCUT2D eigenvalue weighted by molar-refractivity contribution is 5.33. The standard InChI is InChI=1S/C12H15N/c1-2-10-6-3-4-7-11(10)12-8-5-9-13-12/h3-8,12-13H,2,9H2,1H3. The van der Waals surface area contributed by atoms with Crippen molar-refractivity contribution in [1.29, 1.82) is 0 Å². The molecule has 0 saturated heterocycles. The molecule has 0 aliphatic carbocycles. The van der Waals surface area contributed by atoms with Gasteiger partial charge in [-0.3, -0.25) is 0 Å². The first kappa shape index (κ1) is 8.52. The van der Waals surface area contributed by atoms with Crippen molar-refractivity contribution < 1.29 is 0 Å². The topological polar surface area (TPSA) is 12.0 Å². The summed E-state index contributed by atoms with van der Waals surface area (Å²) in [7, 11) is 0. The molecule has 13 heavy (non-hydrogen) atoms. The molecule has 68 valence electrons. The van der Waals surface area contributed by atoms with Crippen molar-refractivity contribution in [2.45, 2.75) is 19.4 Å². The molecule has 1 aliphatic heterocycles. The largest absolute Gasteiger partial charge is 0.303 e. The van der Waals surface area contributed by atoms with Crippen LogP contribution in [0.25, 0.3) is 0 Å². The van der Waals surface area contributed by atoms with Crippen LogP contribution in [0.2, 0.25) is 0 Å². The molecule has 0 saturated carbocycles. The van der Waals surface area contributed by atoms with Gasteiger partial charge in [-0.15, -0.1) is 0 Å². The molecule has 1 aromatic carbocycles. The molecule has 0 radical (unpaired) electrons. The summed E-state index contributed by atoms with van der Waals surface area (Å²) in [5, 5.41) is 3.44. The van der Waals surface area contributed by atoms with Crippen molar-refractivity contribution in [1.82, 2.24) is 5.32 Å². The van der Waals surface area contributed by atoms with Gasteiger partial charge in [-0.1, -0.05) is 43.3 Å². The van der Waals surface area contributed by atoms with Crippen LogP contribution in [-0.4, -0.2) is 6.54 Å². The maximum absolute atomic E-state index is 3.44. The molecule has 1 atom stereocenters. The number of benzene rings is 1. The van der Waals surface area contributed by atoms with Crippen molar-refractivity contribution in [3.63, 3.8) is 0 Å². The van der Waals surface area contributed by atoms with E-state index in [1.807, 2.05) is 0 Å². The summed E-state index contributed by atoms with van der Waals surface area (Å²) in [6.45, 7) is 3.21. The van der Waals surface area contributed by atoms with E-state index >= 15 is 0 Å². The van der Waals surface area contributed by atoms with E-state index in [1.54, 1.807) is 0 Å². The second-order valence-corrected chi connectivity index (χ2v) is 3.37. The van der Waals surface area contributed by atoms with E-state index in [9.17, 15) is 0 Å². The van der Waals surface area contributed by atoms with Gasteiger partial charge in [-0.05, 0) is 17.5 Å². The SMILES string of the molecule is CCc1ccccc1C1C=CCN1. The summed E-state index contributed by atoms with van der Waals surface area (Å²) in [5.41, 5.74) is 2.88. The lowest BCUT2D eigenvalue weighted by Gasteiger charge is -2.13. The molecular formula is C12H15N. The van der Waals surface area contributed by atoms with E-state index in [1.165, 1.54) is 11.1 Å². The molecule has 1 unspecified atom stereocenters. The highest BCUT2D eigenvalue weighted by Crippen LogP contribution is 2.21. The minimum Gasteiger partial charge on any atom is -0.303 e. The van der Waals surface area contributed by atoms with Crippen molar-refractivity contribution in [2.24, 2.45) is 0 Å². The van der Waals surface area contributed by atoms with Crippen LogP contribution in [0.15, 0.2) is 36.4 Å². The third kappa shape index (κ3) is 1.65. The van der Waals surface area contributed by atoms with E-state index in [0.29, 0.717) is 6.04 Å². The normalized spacial score (nSPS) is 20.8. The van der Waals surface area contributed by atoms with Crippen LogP contribution in [0, 0.1) is 0 Å². The van der Waals surface area contributed by atoms with Crippen LogP contribution in [0.1, 0.15) is 24.1 Å². The fraction of sp³-hybridized carbons (Fsp3) is 0.333. The van der Waals surface area contributed by atoms with Crippen LogP contribution in [0.3, 0.4) is 0 Å². The molecule has 1 aliphatic rings. The van der Waals surface area contributed by atoms with E-state index in [4.69, 9.17) is 0 Å². The second-order valence-electron chi connectivity index (χ2n) is 3.37. The van der Waals surface area contributed by atoms with Crippen LogP contribution in [0.4, 0.5) is 0 Å². The lowest BCUT2D eigenvalue weighted by atomic mass is 9.99. The number of rotatable bonds is 2. The van der Waals surface area contributed by atoms with Gasteiger partial charge in [0, 0.05) is 6.54 Å². The van der Waals surface area contributed by atoms with Gasteiger partial charge in [0.1, 0.15) is 0 Å². The smallest absolute Gasteiger partial charge is 0.0511 e. The molecule has 0 amide bonds.